The molecule has 0 aliphatic heterocycles. The molecule has 2 nitrogen and oxygen atoms in total. The first-order chi connectivity index (χ1) is 30.8. The molecule has 292 valence electrons. The molecule has 0 bridgehead atoms. The van der Waals surface area contributed by atoms with E-state index in [1.165, 1.54) is 66.3 Å². The lowest BCUT2D eigenvalue weighted by molar-refractivity contribution is 1.18. The molecule has 0 radical (unpaired) electrons. The van der Waals surface area contributed by atoms with Crippen LogP contribution < -0.4 is 4.90 Å². The fourth-order valence-corrected chi connectivity index (χ4v) is 9.06. The molecule has 11 rings (SSSR count). The van der Waals surface area contributed by atoms with Crippen molar-refractivity contribution in [3.05, 3.63) is 255 Å². The second-order valence-corrected chi connectivity index (χ2v) is 15.7. The topological polar surface area (TPSA) is 8.17 Å². The summed E-state index contributed by atoms with van der Waals surface area (Å²) < 4.78 is 2.44. The van der Waals surface area contributed by atoms with E-state index >= 15 is 0 Å². The number of fused-ring (bicyclic) bond motifs is 3. The fraction of sp³-hybridized carbons (Fsp3) is 0. The lowest BCUT2D eigenvalue weighted by Gasteiger charge is -2.27. The molecule has 0 saturated heterocycles. The van der Waals surface area contributed by atoms with Crippen LogP contribution in [-0.4, -0.2) is 4.57 Å². The number of hydrogen-bond donors (Lipinski definition) is 0. The van der Waals surface area contributed by atoms with Gasteiger partial charge in [-0.2, -0.15) is 0 Å². The minimum atomic E-state index is 1.08. The van der Waals surface area contributed by atoms with E-state index in [0.717, 1.165) is 33.9 Å². The second-order valence-electron chi connectivity index (χ2n) is 15.7. The number of para-hydroxylation sites is 2. The lowest BCUT2D eigenvalue weighted by atomic mass is 9.92. The Morgan fingerprint density at radius 2 is 0.661 bits per heavy atom. The Hall–Kier alpha value is -8.20. The van der Waals surface area contributed by atoms with Gasteiger partial charge in [-0.15, -0.1) is 0 Å². The molecule has 0 atom stereocenters. The third-order valence-corrected chi connectivity index (χ3v) is 12.0. The Bertz CT molecular complexity index is 3260. The smallest absolute Gasteiger partial charge is 0.0546 e. The van der Waals surface area contributed by atoms with Gasteiger partial charge in [0.1, 0.15) is 0 Å². The van der Waals surface area contributed by atoms with Gasteiger partial charge in [0, 0.05) is 33.4 Å². The average Bonchev–Trinajstić information content (AvgIpc) is 3.69. The van der Waals surface area contributed by atoms with Gasteiger partial charge in [0.25, 0.3) is 0 Å². The summed E-state index contributed by atoms with van der Waals surface area (Å²) in [6.07, 6.45) is 0. The number of rotatable bonds is 9. The number of nitrogens with zero attached hydrogens (tertiary/aromatic N) is 2. The van der Waals surface area contributed by atoms with E-state index in [1.807, 2.05) is 0 Å². The van der Waals surface area contributed by atoms with Gasteiger partial charge in [0.15, 0.2) is 0 Å². The molecule has 0 aliphatic rings. The first kappa shape index (κ1) is 36.8. The summed E-state index contributed by atoms with van der Waals surface area (Å²) in [5.41, 5.74) is 18.6. The molecule has 11 aromatic rings. The van der Waals surface area contributed by atoms with Gasteiger partial charge in [-0.1, -0.05) is 200 Å². The molecule has 1 aromatic heterocycles. The molecule has 0 amide bonds. The van der Waals surface area contributed by atoms with Gasteiger partial charge in [-0.3, -0.25) is 0 Å². The summed E-state index contributed by atoms with van der Waals surface area (Å²) >= 11 is 0. The van der Waals surface area contributed by atoms with Crippen molar-refractivity contribution in [2.24, 2.45) is 0 Å². The molecule has 0 saturated carbocycles. The van der Waals surface area contributed by atoms with Gasteiger partial charge in [-0.25, -0.2) is 0 Å². The summed E-state index contributed by atoms with van der Waals surface area (Å²) in [7, 11) is 0. The minimum Gasteiger partial charge on any atom is -0.310 e. The highest BCUT2D eigenvalue weighted by Gasteiger charge is 2.20. The Morgan fingerprint density at radius 3 is 1.21 bits per heavy atom. The molecular weight excluding hydrogens is 749 g/mol. The Balaban J connectivity index is 1.04. The van der Waals surface area contributed by atoms with Gasteiger partial charge in [0.2, 0.25) is 0 Å². The van der Waals surface area contributed by atoms with Crippen LogP contribution in [0.2, 0.25) is 0 Å². The van der Waals surface area contributed by atoms with E-state index in [1.54, 1.807) is 0 Å². The van der Waals surface area contributed by atoms with Crippen molar-refractivity contribution in [3.63, 3.8) is 0 Å². The predicted molar refractivity (Wildman–Crippen MR) is 263 cm³/mol. The van der Waals surface area contributed by atoms with Crippen LogP contribution in [0.15, 0.2) is 255 Å². The van der Waals surface area contributed by atoms with E-state index in [-0.39, 0.29) is 0 Å². The summed E-state index contributed by atoms with van der Waals surface area (Å²) in [4.78, 5) is 2.38. The largest absolute Gasteiger partial charge is 0.310 e. The maximum absolute atomic E-state index is 2.44. The van der Waals surface area contributed by atoms with Crippen LogP contribution in [-0.2, 0) is 0 Å². The highest BCUT2D eigenvalue weighted by atomic mass is 15.1. The Morgan fingerprint density at radius 1 is 0.258 bits per heavy atom. The Labute approximate surface area is 362 Å². The van der Waals surface area contributed by atoms with Crippen LogP contribution in [0.5, 0.6) is 0 Å². The third-order valence-electron chi connectivity index (χ3n) is 12.0. The zero-order valence-corrected chi connectivity index (χ0v) is 34.1. The zero-order valence-electron chi connectivity index (χ0n) is 34.1. The van der Waals surface area contributed by atoms with Crippen molar-refractivity contribution < 1.29 is 0 Å². The van der Waals surface area contributed by atoms with Gasteiger partial charge in [0.05, 0.1) is 16.7 Å². The van der Waals surface area contributed by atoms with Crippen molar-refractivity contribution in [1.29, 1.82) is 0 Å². The fourth-order valence-electron chi connectivity index (χ4n) is 9.06. The molecule has 2 heteroatoms. The van der Waals surface area contributed by atoms with E-state index in [9.17, 15) is 0 Å². The number of anilines is 3. The first-order valence-corrected chi connectivity index (χ1v) is 21.3. The predicted octanol–water partition coefficient (Wildman–Crippen LogP) is 16.6. The molecule has 10 aromatic carbocycles. The third kappa shape index (κ3) is 6.84. The average molecular weight is 791 g/mol. The van der Waals surface area contributed by atoms with Crippen LogP contribution in [0, 0.1) is 0 Å². The van der Waals surface area contributed by atoms with E-state index in [2.05, 4.69) is 264 Å². The lowest BCUT2D eigenvalue weighted by Crippen LogP contribution is -2.10. The molecule has 62 heavy (non-hydrogen) atoms. The van der Waals surface area contributed by atoms with Crippen LogP contribution >= 0.6 is 0 Å². The molecule has 0 spiro atoms. The quantitative estimate of drug-likeness (QED) is 0.141. The summed E-state index contributed by atoms with van der Waals surface area (Å²) in [5, 5.41) is 2.50. The maximum atomic E-state index is 2.44. The molecule has 0 aliphatic carbocycles. The summed E-state index contributed by atoms with van der Waals surface area (Å²) in [6.45, 7) is 0. The number of aromatic nitrogens is 1. The van der Waals surface area contributed by atoms with Crippen molar-refractivity contribution in [2.75, 3.05) is 4.90 Å². The van der Waals surface area contributed by atoms with E-state index in [4.69, 9.17) is 0 Å². The van der Waals surface area contributed by atoms with Crippen molar-refractivity contribution in [2.45, 2.75) is 0 Å². The highest BCUT2D eigenvalue weighted by molar-refractivity contribution is 6.10. The van der Waals surface area contributed by atoms with Crippen LogP contribution in [0.4, 0.5) is 17.1 Å². The molecular formula is C60H42N2. The van der Waals surface area contributed by atoms with Crippen molar-refractivity contribution in [1.82, 2.24) is 4.57 Å². The normalized spacial score (nSPS) is 11.2. The highest BCUT2D eigenvalue weighted by Crippen LogP contribution is 2.43. The summed E-state index contributed by atoms with van der Waals surface area (Å²) in [6, 6.07) is 92.0. The van der Waals surface area contributed by atoms with Crippen LogP contribution in [0.25, 0.3) is 83.1 Å². The minimum absolute atomic E-state index is 1.08. The van der Waals surface area contributed by atoms with Gasteiger partial charge < -0.3 is 9.47 Å². The maximum Gasteiger partial charge on any atom is 0.0546 e. The second kappa shape index (κ2) is 16.1. The van der Waals surface area contributed by atoms with Gasteiger partial charge >= 0.3 is 0 Å². The van der Waals surface area contributed by atoms with Crippen LogP contribution in [0.3, 0.4) is 0 Å². The molecule has 0 N–H and O–H groups in total. The van der Waals surface area contributed by atoms with E-state index < -0.39 is 0 Å². The molecule has 0 unspecified atom stereocenters. The summed E-state index contributed by atoms with van der Waals surface area (Å²) in [5.74, 6) is 0. The van der Waals surface area contributed by atoms with Crippen LogP contribution in [0.1, 0.15) is 0 Å². The monoisotopic (exact) mass is 790 g/mol. The SMILES string of the molecule is c1ccc(-c2ccc(-c3cccc(N(c4ccc(-c5cccc(-n6c7ccccc7c7ccccc76)c5-c5ccccc5)cc4)c4cccc(-c5ccccc5)c4)c3)cc2)cc1. The van der Waals surface area contributed by atoms with E-state index in [0.29, 0.717) is 0 Å². The first-order valence-electron chi connectivity index (χ1n) is 21.3. The Kier molecular flexibility index (Phi) is 9.57. The standard InChI is InChI=1S/C60H42N2/c1-4-17-43(18-5-1)45-33-35-46(36-34-45)50-24-15-26-53(42-50)61(52-25-14-23-49(41-52)44-19-6-2-7-20-44)51-39-37-47(38-40-51)54-29-16-32-59(60(54)48-21-8-3-9-22-48)62-57-30-12-10-27-55(57)56-28-11-13-31-58(56)62/h1-42H. The van der Waals surface area contributed by atoms with Crippen molar-refractivity contribution >= 4 is 38.9 Å². The van der Waals surface area contributed by atoms with Gasteiger partial charge in [-0.05, 0) is 105 Å². The molecule has 1 heterocycles. The van der Waals surface area contributed by atoms with Crippen molar-refractivity contribution in [3.8, 4) is 61.3 Å². The number of benzene rings is 10. The zero-order chi connectivity index (χ0) is 41.2. The number of hydrogen-bond acceptors (Lipinski definition) is 1. The molecule has 0 fully saturated rings.